The van der Waals surface area contributed by atoms with Crippen molar-refractivity contribution in [2.75, 3.05) is 13.1 Å². The molecule has 0 bridgehead atoms. The summed E-state index contributed by atoms with van der Waals surface area (Å²) in [4.78, 5) is 26.3. The molecular weight excluding hydrogens is 312 g/mol. The van der Waals surface area contributed by atoms with Gasteiger partial charge in [-0.2, -0.15) is 0 Å². The van der Waals surface area contributed by atoms with E-state index in [9.17, 15) is 9.59 Å². The van der Waals surface area contributed by atoms with Crippen LogP contribution in [0.15, 0.2) is 54.6 Å². The monoisotopic (exact) mass is 334 g/mol. The molecule has 1 atom stereocenters. The van der Waals surface area contributed by atoms with E-state index in [-0.39, 0.29) is 17.7 Å². The third kappa shape index (κ3) is 3.58. The minimum atomic E-state index is -0.0723. The average Bonchev–Trinajstić information content (AvgIpc) is 3.43. The number of carbonyl (C=O) groups is 2. The van der Waals surface area contributed by atoms with Gasteiger partial charge < -0.3 is 10.2 Å². The minimum Gasteiger partial charge on any atom is -0.352 e. The van der Waals surface area contributed by atoms with Crippen LogP contribution in [-0.4, -0.2) is 35.8 Å². The van der Waals surface area contributed by atoms with Crippen molar-refractivity contribution in [3.05, 3.63) is 60.2 Å². The topological polar surface area (TPSA) is 49.4 Å². The van der Waals surface area contributed by atoms with Gasteiger partial charge in [0.2, 0.25) is 5.91 Å². The number of likely N-dealkylation sites (tertiary alicyclic amines) is 1. The van der Waals surface area contributed by atoms with Gasteiger partial charge in [0.15, 0.2) is 0 Å². The highest BCUT2D eigenvalue weighted by molar-refractivity contribution is 5.94. The van der Waals surface area contributed by atoms with Crippen molar-refractivity contribution < 1.29 is 9.59 Å². The molecule has 1 aliphatic heterocycles. The highest BCUT2D eigenvalue weighted by atomic mass is 16.2. The molecule has 4 rings (SSSR count). The third-order valence-corrected chi connectivity index (χ3v) is 5.03. The van der Waals surface area contributed by atoms with Gasteiger partial charge in [0, 0.05) is 37.0 Å². The summed E-state index contributed by atoms with van der Waals surface area (Å²) in [5.74, 6) is 0.409. The van der Waals surface area contributed by atoms with Crippen LogP contribution in [0.2, 0.25) is 0 Å². The van der Waals surface area contributed by atoms with Gasteiger partial charge in [0.1, 0.15) is 0 Å². The first kappa shape index (κ1) is 15.9. The molecule has 1 saturated carbocycles. The Morgan fingerprint density at radius 3 is 2.36 bits per heavy atom. The molecule has 1 aliphatic carbocycles. The highest BCUT2D eigenvalue weighted by Gasteiger charge is 2.39. The number of benzene rings is 2. The molecule has 4 nitrogen and oxygen atoms in total. The van der Waals surface area contributed by atoms with Gasteiger partial charge in [0.05, 0.1) is 0 Å². The number of hydrogen-bond acceptors (Lipinski definition) is 2. The van der Waals surface area contributed by atoms with Gasteiger partial charge in [-0.15, -0.1) is 0 Å². The molecule has 2 aromatic rings. The molecule has 1 saturated heterocycles. The molecule has 0 radical (unpaired) electrons. The maximum atomic E-state index is 12.3. The van der Waals surface area contributed by atoms with E-state index in [1.54, 1.807) is 0 Å². The fourth-order valence-corrected chi connectivity index (χ4v) is 3.47. The van der Waals surface area contributed by atoms with Crippen LogP contribution in [0.3, 0.4) is 0 Å². The van der Waals surface area contributed by atoms with Crippen molar-refractivity contribution in [3.63, 3.8) is 0 Å². The van der Waals surface area contributed by atoms with E-state index in [2.05, 4.69) is 17.4 Å². The number of amides is 2. The van der Waals surface area contributed by atoms with Gasteiger partial charge >= 0.3 is 0 Å². The zero-order valence-electron chi connectivity index (χ0n) is 14.2. The van der Waals surface area contributed by atoms with Crippen LogP contribution in [0.25, 0.3) is 11.1 Å². The highest BCUT2D eigenvalue weighted by Crippen LogP contribution is 2.32. The summed E-state index contributed by atoms with van der Waals surface area (Å²) in [5, 5.41) is 2.98. The van der Waals surface area contributed by atoms with Crippen molar-refractivity contribution in [3.8, 4) is 11.1 Å². The summed E-state index contributed by atoms with van der Waals surface area (Å²) in [7, 11) is 0. The summed E-state index contributed by atoms with van der Waals surface area (Å²) in [6, 6.07) is 18.2. The fraction of sp³-hybridized carbons (Fsp3) is 0.333. The van der Waals surface area contributed by atoms with Gasteiger partial charge in [-0.05, 0) is 36.1 Å². The van der Waals surface area contributed by atoms with Gasteiger partial charge in [-0.3, -0.25) is 9.59 Å². The molecule has 2 aliphatic rings. The van der Waals surface area contributed by atoms with Crippen LogP contribution in [0, 0.1) is 5.92 Å². The second-order valence-electron chi connectivity index (χ2n) is 7.00. The Balaban J connectivity index is 1.33. The standard InChI is InChI=1S/C21H22N2O2/c24-20-12-15(14-23(20)19-10-11-19)13-22-21(25)18-8-6-17(7-9-18)16-4-2-1-3-5-16/h1-9,15,19H,10-14H2,(H,22,25). The van der Waals surface area contributed by atoms with Gasteiger partial charge in [-0.25, -0.2) is 0 Å². The number of hydrogen-bond donors (Lipinski definition) is 1. The average molecular weight is 334 g/mol. The molecule has 2 amide bonds. The predicted octanol–water partition coefficient (Wildman–Crippen LogP) is 3.09. The molecule has 0 aromatic heterocycles. The summed E-state index contributed by atoms with van der Waals surface area (Å²) in [6.45, 7) is 1.35. The summed E-state index contributed by atoms with van der Waals surface area (Å²) >= 11 is 0. The van der Waals surface area contributed by atoms with Crippen LogP contribution >= 0.6 is 0 Å². The number of nitrogens with zero attached hydrogens (tertiary/aromatic N) is 1. The van der Waals surface area contributed by atoms with Crippen molar-refractivity contribution in [1.82, 2.24) is 10.2 Å². The predicted molar refractivity (Wildman–Crippen MR) is 97.1 cm³/mol. The number of carbonyl (C=O) groups excluding carboxylic acids is 2. The van der Waals surface area contributed by atoms with Crippen molar-refractivity contribution in [2.45, 2.75) is 25.3 Å². The molecule has 2 aromatic carbocycles. The Morgan fingerprint density at radius 2 is 1.68 bits per heavy atom. The van der Waals surface area contributed by atoms with E-state index in [0.29, 0.717) is 24.6 Å². The first-order chi connectivity index (χ1) is 12.2. The Kier molecular flexibility index (Phi) is 4.26. The van der Waals surface area contributed by atoms with Crippen LogP contribution in [0.4, 0.5) is 0 Å². The molecule has 0 spiro atoms. The Morgan fingerprint density at radius 1 is 1.00 bits per heavy atom. The van der Waals surface area contributed by atoms with Gasteiger partial charge in [-0.1, -0.05) is 42.5 Å². The van der Waals surface area contributed by atoms with E-state index in [1.807, 2.05) is 47.4 Å². The minimum absolute atomic E-state index is 0.0723. The van der Waals surface area contributed by atoms with Gasteiger partial charge in [0.25, 0.3) is 5.91 Å². The Labute approximate surface area is 147 Å². The lowest BCUT2D eigenvalue weighted by Crippen LogP contribution is -2.32. The first-order valence-corrected chi connectivity index (χ1v) is 8.94. The molecule has 1 unspecified atom stereocenters. The molecule has 1 heterocycles. The second-order valence-corrected chi connectivity index (χ2v) is 7.00. The van der Waals surface area contributed by atoms with Crippen LogP contribution < -0.4 is 5.32 Å². The van der Waals surface area contributed by atoms with E-state index in [1.165, 1.54) is 0 Å². The molecule has 128 valence electrons. The number of rotatable bonds is 5. The van der Waals surface area contributed by atoms with E-state index in [4.69, 9.17) is 0 Å². The van der Waals surface area contributed by atoms with E-state index in [0.717, 1.165) is 30.5 Å². The maximum Gasteiger partial charge on any atom is 0.251 e. The van der Waals surface area contributed by atoms with Crippen LogP contribution in [-0.2, 0) is 4.79 Å². The smallest absolute Gasteiger partial charge is 0.251 e. The zero-order chi connectivity index (χ0) is 17.2. The van der Waals surface area contributed by atoms with Crippen LogP contribution in [0.5, 0.6) is 0 Å². The van der Waals surface area contributed by atoms with Crippen LogP contribution in [0.1, 0.15) is 29.6 Å². The SMILES string of the molecule is O=C(NCC1CC(=O)N(C2CC2)C1)c1ccc(-c2ccccc2)cc1. The van der Waals surface area contributed by atoms with E-state index < -0.39 is 0 Å². The molecule has 1 N–H and O–H groups in total. The summed E-state index contributed by atoms with van der Waals surface area (Å²) < 4.78 is 0. The third-order valence-electron chi connectivity index (χ3n) is 5.03. The zero-order valence-corrected chi connectivity index (χ0v) is 14.2. The van der Waals surface area contributed by atoms with Crippen molar-refractivity contribution >= 4 is 11.8 Å². The quantitative estimate of drug-likeness (QED) is 0.913. The Hall–Kier alpha value is -2.62. The second kappa shape index (κ2) is 6.71. The Bertz CT molecular complexity index is 766. The summed E-state index contributed by atoms with van der Waals surface area (Å²) in [5.41, 5.74) is 2.89. The lowest BCUT2D eigenvalue weighted by atomic mass is 10.0. The molecule has 4 heteroatoms. The largest absolute Gasteiger partial charge is 0.352 e. The fourth-order valence-electron chi connectivity index (χ4n) is 3.47. The lowest BCUT2D eigenvalue weighted by molar-refractivity contribution is -0.128. The summed E-state index contributed by atoms with van der Waals surface area (Å²) in [6.07, 6.45) is 2.83. The molecular formula is C21H22N2O2. The number of nitrogens with one attached hydrogen (secondary N) is 1. The van der Waals surface area contributed by atoms with E-state index >= 15 is 0 Å². The molecule has 2 fully saturated rings. The van der Waals surface area contributed by atoms with Crippen molar-refractivity contribution in [1.29, 1.82) is 0 Å². The normalized spacial score (nSPS) is 19.9. The lowest BCUT2D eigenvalue weighted by Gasteiger charge is -2.15. The first-order valence-electron chi connectivity index (χ1n) is 8.94. The maximum absolute atomic E-state index is 12.3. The van der Waals surface area contributed by atoms with Crippen molar-refractivity contribution in [2.24, 2.45) is 5.92 Å². The molecule has 25 heavy (non-hydrogen) atoms.